The summed E-state index contributed by atoms with van der Waals surface area (Å²) in [5.74, 6) is -1.25. The highest BCUT2D eigenvalue weighted by atomic mass is 35.5. The zero-order chi connectivity index (χ0) is 12.4. The number of rotatable bonds is 2. The van der Waals surface area contributed by atoms with E-state index in [1.807, 2.05) is 0 Å². The summed E-state index contributed by atoms with van der Waals surface area (Å²) >= 11 is 5.74. The predicted octanol–water partition coefficient (Wildman–Crippen LogP) is 2.39. The Morgan fingerprint density at radius 3 is 2.41 bits per heavy atom. The third kappa shape index (κ3) is 2.21. The smallest absolute Gasteiger partial charge is 0.341 e. The molecule has 0 radical (unpaired) electrons. The van der Waals surface area contributed by atoms with E-state index in [0.29, 0.717) is 16.1 Å². The average molecular weight is 250 g/mol. The van der Waals surface area contributed by atoms with Crippen molar-refractivity contribution in [3.8, 4) is 11.1 Å². The maximum Gasteiger partial charge on any atom is 0.341 e. The molecule has 4 nitrogen and oxygen atoms in total. The Kier molecular flexibility index (Phi) is 2.97. The van der Waals surface area contributed by atoms with Gasteiger partial charge in [-0.05, 0) is 17.7 Å². The van der Waals surface area contributed by atoms with E-state index in [2.05, 4.69) is 4.98 Å². The Hall–Kier alpha value is -2.07. The first kappa shape index (κ1) is 11.4. The number of hydrogen-bond acceptors (Lipinski definition) is 2. The maximum atomic E-state index is 11.9. The number of hydrogen-bond donors (Lipinski definition) is 2. The second kappa shape index (κ2) is 4.43. The summed E-state index contributed by atoms with van der Waals surface area (Å²) < 4.78 is 0. The molecule has 2 aromatic rings. The van der Waals surface area contributed by atoms with Crippen LogP contribution in [0.5, 0.6) is 0 Å². The number of pyridine rings is 1. The van der Waals surface area contributed by atoms with Gasteiger partial charge in [-0.2, -0.15) is 0 Å². The third-order valence-electron chi connectivity index (χ3n) is 2.33. The molecule has 0 aliphatic heterocycles. The molecular weight excluding hydrogens is 242 g/mol. The molecule has 0 aliphatic rings. The molecule has 5 heteroatoms. The molecule has 0 spiro atoms. The van der Waals surface area contributed by atoms with Crippen LogP contribution in [0.3, 0.4) is 0 Å². The Bertz CT molecular complexity index is 616. The first-order chi connectivity index (χ1) is 8.09. The summed E-state index contributed by atoms with van der Waals surface area (Å²) in [6.07, 6.45) is 2.64. The molecule has 1 heterocycles. The minimum absolute atomic E-state index is 0.280. The lowest BCUT2D eigenvalue weighted by Crippen LogP contribution is -2.16. The van der Waals surface area contributed by atoms with Crippen molar-refractivity contribution >= 4 is 17.6 Å². The summed E-state index contributed by atoms with van der Waals surface area (Å²) in [4.78, 5) is 25.3. The van der Waals surface area contributed by atoms with Crippen molar-refractivity contribution in [2.45, 2.75) is 0 Å². The van der Waals surface area contributed by atoms with Gasteiger partial charge < -0.3 is 10.1 Å². The number of nitrogens with one attached hydrogen (secondary N) is 1. The molecule has 1 aromatic heterocycles. The van der Waals surface area contributed by atoms with Crippen LogP contribution in [0, 0.1) is 0 Å². The topological polar surface area (TPSA) is 70.2 Å². The number of halogens is 1. The molecule has 0 aliphatic carbocycles. The van der Waals surface area contributed by atoms with Crippen molar-refractivity contribution in [2.75, 3.05) is 0 Å². The predicted molar refractivity (Wildman–Crippen MR) is 64.5 cm³/mol. The summed E-state index contributed by atoms with van der Waals surface area (Å²) in [7, 11) is 0. The Labute approximate surface area is 101 Å². The molecule has 0 bridgehead atoms. The first-order valence-electron chi connectivity index (χ1n) is 4.80. The van der Waals surface area contributed by atoms with Crippen LogP contribution in [0.4, 0.5) is 0 Å². The van der Waals surface area contributed by atoms with Gasteiger partial charge in [-0.1, -0.05) is 23.7 Å². The zero-order valence-electron chi connectivity index (χ0n) is 8.61. The average Bonchev–Trinajstić information content (AvgIpc) is 2.30. The summed E-state index contributed by atoms with van der Waals surface area (Å²) in [6.45, 7) is 0. The molecule has 0 atom stereocenters. The van der Waals surface area contributed by atoms with Gasteiger partial charge in [0.2, 0.25) is 5.43 Å². The fraction of sp³-hybridized carbons (Fsp3) is 0. The molecule has 17 heavy (non-hydrogen) atoms. The molecule has 0 saturated heterocycles. The lowest BCUT2D eigenvalue weighted by atomic mass is 10.1. The number of carboxylic acid groups (broad SMARTS) is 1. The second-order valence-electron chi connectivity index (χ2n) is 3.42. The van der Waals surface area contributed by atoms with Crippen LogP contribution in [0.25, 0.3) is 11.1 Å². The second-order valence-corrected chi connectivity index (χ2v) is 3.86. The van der Waals surface area contributed by atoms with E-state index in [0.717, 1.165) is 0 Å². The van der Waals surface area contributed by atoms with Gasteiger partial charge in [0.05, 0.1) is 0 Å². The monoisotopic (exact) mass is 249 g/mol. The largest absolute Gasteiger partial charge is 0.477 e. The standard InChI is InChI=1S/C12H8ClNO3/c13-8-3-1-7(2-4-8)9-5-14-6-10(11(9)15)12(16)17/h1-6H,(H,14,15)(H,16,17). The number of aromatic amines is 1. The van der Waals surface area contributed by atoms with Crippen molar-refractivity contribution in [3.63, 3.8) is 0 Å². The fourth-order valence-electron chi connectivity index (χ4n) is 1.49. The minimum Gasteiger partial charge on any atom is -0.477 e. The van der Waals surface area contributed by atoms with E-state index in [1.54, 1.807) is 24.3 Å². The van der Waals surface area contributed by atoms with E-state index in [-0.39, 0.29) is 5.56 Å². The van der Waals surface area contributed by atoms with Crippen LogP contribution in [-0.4, -0.2) is 16.1 Å². The minimum atomic E-state index is -1.25. The number of carbonyl (C=O) groups is 1. The highest BCUT2D eigenvalue weighted by Crippen LogP contribution is 2.18. The Morgan fingerprint density at radius 1 is 1.18 bits per heavy atom. The van der Waals surface area contributed by atoms with Gasteiger partial charge in [-0.15, -0.1) is 0 Å². The Balaban J connectivity index is 2.61. The van der Waals surface area contributed by atoms with Gasteiger partial charge in [-0.25, -0.2) is 4.79 Å². The Morgan fingerprint density at radius 2 is 1.82 bits per heavy atom. The van der Waals surface area contributed by atoms with E-state index in [4.69, 9.17) is 16.7 Å². The van der Waals surface area contributed by atoms with Gasteiger partial charge in [0.25, 0.3) is 0 Å². The van der Waals surface area contributed by atoms with Crippen molar-refractivity contribution in [2.24, 2.45) is 0 Å². The van der Waals surface area contributed by atoms with E-state index in [9.17, 15) is 9.59 Å². The van der Waals surface area contributed by atoms with Gasteiger partial charge in [-0.3, -0.25) is 4.79 Å². The summed E-state index contributed by atoms with van der Waals surface area (Å²) in [6, 6.07) is 6.62. The van der Waals surface area contributed by atoms with Crippen LogP contribution in [0.1, 0.15) is 10.4 Å². The normalized spacial score (nSPS) is 10.2. The van der Waals surface area contributed by atoms with Crippen LogP contribution < -0.4 is 5.43 Å². The summed E-state index contributed by atoms with van der Waals surface area (Å²) in [5, 5.41) is 9.40. The van der Waals surface area contributed by atoms with Crippen LogP contribution in [-0.2, 0) is 0 Å². The van der Waals surface area contributed by atoms with Crippen molar-refractivity contribution < 1.29 is 9.90 Å². The third-order valence-corrected chi connectivity index (χ3v) is 2.58. The first-order valence-corrected chi connectivity index (χ1v) is 5.17. The molecule has 2 rings (SSSR count). The molecule has 0 amide bonds. The number of aromatic nitrogens is 1. The quantitative estimate of drug-likeness (QED) is 0.859. The van der Waals surface area contributed by atoms with Gasteiger partial charge in [0, 0.05) is 23.0 Å². The van der Waals surface area contributed by atoms with Crippen molar-refractivity contribution in [1.82, 2.24) is 4.98 Å². The van der Waals surface area contributed by atoms with E-state index in [1.165, 1.54) is 12.4 Å². The molecule has 86 valence electrons. The van der Waals surface area contributed by atoms with Crippen LogP contribution >= 0.6 is 11.6 Å². The lowest BCUT2D eigenvalue weighted by molar-refractivity contribution is 0.0695. The van der Waals surface area contributed by atoms with Gasteiger partial charge in [0.1, 0.15) is 5.56 Å². The number of carboxylic acids is 1. The van der Waals surface area contributed by atoms with Crippen molar-refractivity contribution in [1.29, 1.82) is 0 Å². The molecule has 2 N–H and O–H groups in total. The molecule has 0 fully saturated rings. The highest BCUT2D eigenvalue weighted by Gasteiger charge is 2.12. The van der Waals surface area contributed by atoms with Crippen molar-refractivity contribution in [3.05, 3.63) is 57.5 Å². The van der Waals surface area contributed by atoms with Crippen LogP contribution in [0.2, 0.25) is 5.02 Å². The number of benzene rings is 1. The molecular formula is C12H8ClNO3. The SMILES string of the molecule is O=C(O)c1c[nH]cc(-c2ccc(Cl)cc2)c1=O. The van der Waals surface area contributed by atoms with E-state index >= 15 is 0 Å². The highest BCUT2D eigenvalue weighted by molar-refractivity contribution is 6.30. The molecule has 1 aromatic carbocycles. The maximum absolute atomic E-state index is 11.9. The number of aromatic carboxylic acids is 1. The van der Waals surface area contributed by atoms with Gasteiger partial charge >= 0.3 is 5.97 Å². The zero-order valence-corrected chi connectivity index (χ0v) is 9.36. The number of H-pyrrole nitrogens is 1. The van der Waals surface area contributed by atoms with Crippen LogP contribution in [0.15, 0.2) is 41.5 Å². The van der Waals surface area contributed by atoms with E-state index < -0.39 is 11.4 Å². The fourth-order valence-corrected chi connectivity index (χ4v) is 1.61. The molecule has 0 saturated carbocycles. The summed E-state index contributed by atoms with van der Waals surface area (Å²) in [5.41, 5.74) is 0.135. The lowest BCUT2D eigenvalue weighted by Gasteiger charge is -2.02. The molecule has 0 unspecified atom stereocenters. The van der Waals surface area contributed by atoms with Gasteiger partial charge in [0.15, 0.2) is 0 Å².